The zero-order chi connectivity index (χ0) is 17.7. The largest absolute Gasteiger partial charge is 0.479 e. The molecule has 24 heavy (non-hydrogen) atoms. The highest BCUT2D eigenvalue weighted by Crippen LogP contribution is 2.42. The van der Waals surface area contributed by atoms with Crippen LogP contribution in [0.25, 0.3) is 0 Å². The number of anilines is 2. The lowest BCUT2D eigenvalue weighted by Crippen LogP contribution is -2.27. The van der Waals surface area contributed by atoms with Gasteiger partial charge in [-0.2, -0.15) is 13.2 Å². The maximum Gasteiger partial charge on any atom is 0.416 e. The number of nitrogens with one attached hydrogen (secondary N) is 2. The smallest absolute Gasteiger partial charge is 0.416 e. The van der Waals surface area contributed by atoms with Crippen molar-refractivity contribution in [3.05, 3.63) is 17.7 Å². The van der Waals surface area contributed by atoms with Crippen LogP contribution in [0, 0.1) is 0 Å². The molecule has 132 valence electrons. The molecule has 0 atom stereocenters. The van der Waals surface area contributed by atoms with E-state index in [1.54, 1.807) is 0 Å². The zero-order valence-electron chi connectivity index (χ0n) is 13.0. The SMILES string of the molecule is CCOCCCC(=O)Nc1cc(C(F)(F)F)cc2c1OCC(=O)N2. The maximum absolute atomic E-state index is 13.0. The van der Waals surface area contributed by atoms with Crippen molar-refractivity contribution in [1.29, 1.82) is 0 Å². The van der Waals surface area contributed by atoms with Gasteiger partial charge in [0.1, 0.15) is 0 Å². The fourth-order valence-corrected chi connectivity index (χ4v) is 2.15. The number of ether oxygens (including phenoxy) is 2. The Morgan fingerprint density at radius 3 is 2.83 bits per heavy atom. The summed E-state index contributed by atoms with van der Waals surface area (Å²) in [4.78, 5) is 23.2. The third-order valence-corrected chi connectivity index (χ3v) is 3.21. The average Bonchev–Trinajstić information content (AvgIpc) is 2.50. The molecule has 0 unspecified atom stereocenters. The summed E-state index contributed by atoms with van der Waals surface area (Å²) in [6.45, 7) is 2.40. The molecule has 6 nitrogen and oxygen atoms in total. The molecule has 2 amide bonds. The Hall–Kier alpha value is -2.29. The second-order valence-corrected chi connectivity index (χ2v) is 5.08. The number of carbonyl (C=O) groups excluding carboxylic acids is 2. The normalized spacial score (nSPS) is 13.8. The van der Waals surface area contributed by atoms with Crippen LogP contribution < -0.4 is 15.4 Å². The van der Waals surface area contributed by atoms with E-state index < -0.39 is 23.6 Å². The topological polar surface area (TPSA) is 76.7 Å². The van der Waals surface area contributed by atoms with Gasteiger partial charge >= 0.3 is 6.18 Å². The number of hydrogen-bond donors (Lipinski definition) is 2. The zero-order valence-corrected chi connectivity index (χ0v) is 13.0. The van der Waals surface area contributed by atoms with Crippen LogP contribution in [-0.2, 0) is 20.5 Å². The fraction of sp³-hybridized carbons (Fsp3) is 0.467. The average molecular weight is 346 g/mol. The van der Waals surface area contributed by atoms with Crippen molar-refractivity contribution in [3.63, 3.8) is 0 Å². The summed E-state index contributed by atoms with van der Waals surface area (Å²) < 4.78 is 49.2. The van der Waals surface area contributed by atoms with E-state index in [0.717, 1.165) is 12.1 Å². The van der Waals surface area contributed by atoms with E-state index in [4.69, 9.17) is 9.47 Å². The molecule has 1 aliphatic rings. The number of benzene rings is 1. The van der Waals surface area contributed by atoms with Crippen LogP contribution in [0.15, 0.2) is 12.1 Å². The number of carbonyl (C=O) groups is 2. The van der Waals surface area contributed by atoms with E-state index in [9.17, 15) is 22.8 Å². The molecule has 0 bridgehead atoms. The highest BCUT2D eigenvalue weighted by molar-refractivity contribution is 6.00. The van der Waals surface area contributed by atoms with Gasteiger partial charge in [-0.15, -0.1) is 0 Å². The second kappa shape index (κ2) is 7.52. The summed E-state index contributed by atoms with van der Waals surface area (Å²) in [6.07, 6.45) is -4.08. The first-order valence-electron chi connectivity index (χ1n) is 7.36. The van der Waals surface area contributed by atoms with Crippen molar-refractivity contribution in [2.75, 3.05) is 30.5 Å². The Kier molecular flexibility index (Phi) is 5.66. The highest BCUT2D eigenvalue weighted by Gasteiger charge is 2.34. The summed E-state index contributed by atoms with van der Waals surface area (Å²) >= 11 is 0. The molecule has 1 aromatic carbocycles. The summed E-state index contributed by atoms with van der Waals surface area (Å²) in [5.74, 6) is -1.01. The van der Waals surface area contributed by atoms with Gasteiger partial charge in [-0.1, -0.05) is 0 Å². The van der Waals surface area contributed by atoms with Gasteiger partial charge < -0.3 is 20.1 Å². The summed E-state index contributed by atoms with van der Waals surface area (Å²) in [7, 11) is 0. The molecular weight excluding hydrogens is 329 g/mol. The number of amides is 2. The van der Waals surface area contributed by atoms with Crippen molar-refractivity contribution in [2.24, 2.45) is 0 Å². The van der Waals surface area contributed by atoms with Gasteiger partial charge in [0.15, 0.2) is 12.4 Å². The number of halogens is 3. The molecule has 0 radical (unpaired) electrons. The Balaban J connectivity index is 2.19. The monoisotopic (exact) mass is 346 g/mol. The van der Waals surface area contributed by atoms with Crippen LogP contribution in [0.5, 0.6) is 5.75 Å². The number of fused-ring (bicyclic) bond motifs is 1. The molecule has 2 rings (SSSR count). The lowest BCUT2D eigenvalue weighted by atomic mass is 10.1. The number of alkyl halides is 3. The Morgan fingerprint density at radius 1 is 1.42 bits per heavy atom. The van der Waals surface area contributed by atoms with E-state index in [1.165, 1.54) is 0 Å². The van der Waals surface area contributed by atoms with Gasteiger partial charge in [0.25, 0.3) is 5.91 Å². The van der Waals surface area contributed by atoms with Crippen LogP contribution in [-0.4, -0.2) is 31.6 Å². The van der Waals surface area contributed by atoms with Gasteiger partial charge in [0.05, 0.1) is 16.9 Å². The summed E-state index contributed by atoms with van der Waals surface area (Å²) in [5.41, 5.74) is -1.23. The predicted octanol–water partition coefficient (Wildman–Crippen LogP) is 2.79. The fourth-order valence-electron chi connectivity index (χ4n) is 2.15. The molecule has 2 N–H and O–H groups in total. The Labute approximate surface area is 136 Å². The van der Waals surface area contributed by atoms with Crippen LogP contribution >= 0.6 is 0 Å². The lowest BCUT2D eigenvalue weighted by molar-refractivity contribution is -0.137. The molecule has 0 aromatic heterocycles. The standard InChI is InChI=1S/C15H17F3N2O4/c1-2-23-5-3-4-12(21)19-10-6-9(15(16,17)18)7-11-14(10)24-8-13(22)20-11/h6-7H,2-5,8H2,1H3,(H,19,21)(H,20,22). The predicted molar refractivity (Wildman–Crippen MR) is 79.9 cm³/mol. The molecule has 1 aliphatic heterocycles. The van der Waals surface area contributed by atoms with Crippen molar-refractivity contribution in [1.82, 2.24) is 0 Å². The molecule has 0 saturated heterocycles. The maximum atomic E-state index is 13.0. The van der Waals surface area contributed by atoms with E-state index in [0.29, 0.717) is 19.6 Å². The third kappa shape index (κ3) is 4.60. The van der Waals surface area contributed by atoms with Crippen molar-refractivity contribution < 1.29 is 32.2 Å². The van der Waals surface area contributed by atoms with Crippen LogP contribution in [0.3, 0.4) is 0 Å². The van der Waals surface area contributed by atoms with Crippen molar-refractivity contribution in [2.45, 2.75) is 25.9 Å². The number of hydrogen-bond acceptors (Lipinski definition) is 4. The van der Waals surface area contributed by atoms with Gasteiger partial charge in [-0.25, -0.2) is 0 Å². The first-order valence-corrected chi connectivity index (χ1v) is 7.36. The Bertz CT molecular complexity index is 632. The molecule has 9 heteroatoms. The molecular formula is C15H17F3N2O4. The molecule has 1 heterocycles. The second-order valence-electron chi connectivity index (χ2n) is 5.08. The quantitative estimate of drug-likeness (QED) is 0.777. The molecule has 1 aromatic rings. The van der Waals surface area contributed by atoms with Gasteiger partial charge in [0.2, 0.25) is 5.91 Å². The molecule has 0 fully saturated rings. The lowest BCUT2D eigenvalue weighted by Gasteiger charge is -2.23. The summed E-state index contributed by atoms with van der Waals surface area (Å²) in [5, 5.41) is 4.71. The van der Waals surface area contributed by atoms with Crippen molar-refractivity contribution in [3.8, 4) is 5.75 Å². The van der Waals surface area contributed by atoms with Gasteiger partial charge in [0, 0.05) is 19.6 Å². The minimum atomic E-state index is -4.62. The number of rotatable bonds is 6. The van der Waals surface area contributed by atoms with Crippen LogP contribution in [0.4, 0.5) is 24.5 Å². The van der Waals surface area contributed by atoms with E-state index in [-0.39, 0.29) is 30.2 Å². The minimum absolute atomic E-state index is 0.0146. The van der Waals surface area contributed by atoms with Gasteiger partial charge in [-0.3, -0.25) is 9.59 Å². The van der Waals surface area contributed by atoms with E-state index >= 15 is 0 Å². The van der Waals surface area contributed by atoms with Gasteiger partial charge in [-0.05, 0) is 25.5 Å². The summed E-state index contributed by atoms with van der Waals surface area (Å²) in [6, 6.07) is 1.56. The van der Waals surface area contributed by atoms with Crippen LogP contribution in [0.2, 0.25) is 0 Å². The molecule has 0 aliphatic carbocycles. The van der Waals surface area contributed by atoms with E-state index in [1.807, 2.05) is 6.92 Å². The highest BCUT2D eigenvalue weighted by atomic mass is 19.4. The van der Waals surface area contributed by atoms with Crippen LogP contribution in [0.1, 0.15) is 25.3 Å². The first-order chi connectivity index (χ1) is 11.3. The molecule has 0 spiro atoms. The first kappa shape index (κ1) is 18.1. The van der Waals surface area contributed by atoms with Crippen molar-refractivity contribution >= 4 is 23.2 Å². The minimum Gasteiger partial charge on any atom is -0.479 e. The third-order valence-electron chi connectivity index (χ3n) is 3.21. The Morgan fingerprint density at radius 2 is 2.17 bits per heavy atom. The van der Waals surface area contributed by atoms with E-state index in [2.05, 4.69) is 10.6 Å². The molecule has 0 saturated carbocycles.